The van der Waals surface area contributed by atoms with Gasteiger partial charge in [-0.2, -0.15) is 0 Å². The molecule has 0 aromatic heterocycles. The van der Waals surface area contributed by atoms with E-state index in [1.165, 1.54) is 5.56 Å². The monoisotopic (exact) mass is 191 g/mol. The van der Waals surface area contributed by atoms with Crippen LogP contribution in [0.5, 0.6) is 5.75 Å². The van der Waals surface area contributed by atoms with Crippen molar-refractivity contribution in [3.63, 3.8) is 0 Å². The first-order valence-corrected chi connectivity index (χ1v) is 4.78. The highest BCUT2D eigenvalue weighted by Gasteiger charge is 2.22. The second-order valence-electron chi connectivity index (χ2n) is 3.56. The lowest BCUT2D eigenvalue weighted by Crippen LogP contribution is -2.18. The summed E-state index contributed by atoms with van der Waals surface area (Å²) in [4.78, 5) is 10.6. The van der Waals surface area contributed by atoms with Gasteiger partial charge >= 0.3 is 0 Å². The number of carbonyl (C=O) groups is 1. The maximum atomic E-state index is 10.6. The van der Waals surface area contributed by atoms with Crippen LogP contribution in [0.3, 0.4) is 0 Å². The van der Waals surface area contributed by atoms with E-state index < -0.39 is 0 Å². The molecule has 1 aliphatic rings. The zero-order chi connectivity index (χ0) is 9.97. The van der Waals surface area contributed by atoms with E-state index in [9.17, 15) is 4.79 Å². The van der Waals surface area contributed by atoms with Crippen LogP contribution < -0.4 is 10.5 Å². The Bertz CT molecular complexity index is 324. The number of hydrogen-bond donors (Lipinski definition) is 1. The summed E-state index contributed by atoms with van der Waals surface area (Å²) in [5.74, 6) is 0.687. The minimum atomic E-state index is -0.260. The van der Waals surface area contributed by atoms with Crippen molar-refractivity contribution in [2.75, 3.05) is 0 Å². The average molecular weight is 191 g/mol. The molecule has 1 aromatic carbocycles. The van der Waals surface area contributed by atoms with Gasteiger partial charge in [-0.1, -0.05) is 18.2 Å². The van der Waals surface area contributed by atoms with Crippen molar-refractivity contribution in [2.45, 2.75) is 25.4 Å². The number of benzene rings is 1. The number of para-hydroxylation sites is 1. The van der Waals surface area contributed by atoms with Gasteiger partial charge in [0.1, 0.15) is 11.9 Å². The second-order valence-corrected chi connectivity index (χ2v) is 3.56. The molecule has 0 bridgehead atoms. The molecule has 2 rings (SSSR count). The molecule has 74 valence electrons. The van der Waals surface area contributed by atoms with E-state index in [0.717, 1.165) is 12.2 Å². The lowest BCUT2D eigenvalue weighted by atomic mass is 10.1. The first-order chi connectivity index (χ1) is 6.75. The van der Waals surface area contributed by atoms with Crippen LogP contribution in [0.2, 0.25) is 0 Å². The molecule has 0 saturated carbocycles. The molecule has 0 fully saturated rings. The number of nitrogens with two attached hydrogens (primary N) is 1. The zero-order valence-corrected chi connectivity index (χ0v) is 7.90. The van der Waals surface area contributed by atoms with Gasteiger partial charge in [-0.3, -0.25) is 4.79 Å². The van der Waals surface area contributed by atoms with Crippen molar-refractivity contribution in [1.29, 1.82) is 0 Å². The van der Waals surface area contributed by atoms with Gasteiger partial charge in [0.05, 0.1) is 0 Å². The molecule has 0 aliphatic carbocycles. The molecule has 0 saturated heterocycles. The third-order valence-electron chi connectivity index (χ3n) is 2.43. The number of ether oxygens (including phenoxy) is 1. The number of fused-ring (bicyclic) bond motifs is 1. The molecule has 1 heterocycles. The van der Waals surface area contributed by atoms with Crippen LogP contribution >= 0.6 is 0 Å². The molecule has 1 aliphatic heterocycles. The van der Waals surface area contributed by atoms with Gasteiger partial charge < -0.3 is 10.5 Å². The van der Waals surface area contributed by atoms with Crippen LogP contribution in [0, 0.1) is 0 Å². The number of hydrogen-bond acceptors (Lipinski definition) is 2. The molecule has 3 heteroatoms. The van der Waals surface area contributed by atoms with Crippen molar-refractivity contribution in [3.8, 4) is 5.75 Å². The maximum Gasteiger partial charge on any atom is 0.217 e. The topological polar surface area (TPSA) is 52.3 Å². The highest BCUT2D eigenvalue weighted by atomic mass is 16.5. The molecule has 3 nitrogen and oxygen atoms in total. The van der Waals surface area contributed by atoms with E-state index in [1.807, 2.05) is 18.2 Å². The van der Waals surface area contributed by atoms with E-state index in [4.69, 9.17) is 10.5 Å². The van der Waals surface area contributed by atoms with Gasteiger partial charge in [-0.15, -0.1) is 0 Å². The van der Waals surface area contributed by atoms with Crippen LogP contribution in [0.4, 0.5) is 0 Å². The Morgan fingerprint density at radius 3 is 3.00 bits per heavy atom. The van der Waals surface area contributed by atoms with Crippen molar-refractivity contribution in [2.24, 2.45) is 5.73 Å². The Morgan fingerprint density at radius 1 is 1.50 bits per heavy atom. The summed E-state index contributed by atoms with van der Waals surface area (Å²) >= 11 is 0. The Morgan fingerprint density at radius 2 is 2.29 bits per heavy atom. The van der Waals surface area contributed by atoms with Crippen LogP contribution in [-0.2, 0) is 11.2 Å². The van der Waals surface area contributed by atoms with E-state index in [0.29, 0.717) is 12.8 Å². The predicted octanol–water partition coefficient (Wildman–Crippen LogP) is 1.26. The first kappa shape index (κ1) is 9.06. The summed E-state index contributed by atoms with van der Waals surface area (Å²) in [6.07, 6.45) is 2.13. The Labute approximate surface area is 82.9 Å². The third kappa shape index (κ3) is 1.87. The smallest absolute Gasteiger partial charge is 0.217 e. The summed E-state index contributed by atoms with van der Waals surface area (Å²) in [5.41, 5.74) is 6.31. The van der Waals surface area contributed by atoms with E-state index >= 15 is 0 Å². The highest BCUT2D eigenvalue weighted by Crippen LogP contribution is 2.29. The van der Waals surface area contributed by atoms with Crippen molar-refractivity contribution >= 4 is 5.91 Å². The molecular formula is C11H13NO2. The van der Waals surface area contributed by atoms with Crippen LogP contribution in [0.25, 0.3) is 0 Å². The Kier molecular flexibility index (Phi) is 2.39. The fourth-order valence-corrected chi connectivity index (χ4v) is 1.72. The van der Waals surface area contributed by atoms with E-state index in [1.54, 1.807) is 0 Å². The molecule has 1 amide bonds. The maximum absolute atomic E-state index is 10.6. The first-order valence-electron chi connectivity index (χ1n) is 4.78. The minimum Gasteiger partial charge on any atom is -0.490 e. The quantitative estimate of drug-likeness (QED) is 0.781. The fourth-order valence-electron chi connectivity index (χ4n) is 1.72. The standard InChI is InChI=1S/C11H13NO2/c12-11(13)6-5-9-7-8-3-1-2-4-10(8)14-9/h1-4,9H,5-7H2,(H2,12,13). The number of primary amides is 1. The Balaban J connectivity index is 1.95. The van der Waals surface area contributed by atoms with Crippen molar-refractivity contribution < 1.29 is 9.53 Å². The summed E-state index contributed by atoms with van der Waals surface area (Å²) in [6.45, 7) is 0. The minimum absolute atomic E-state index is 0.125. The average Bonchev–Trinajstić information content (AvgIpc) is 2.57. The zero-order valence-electron chi connectivity index (χ0n) is 7.90. The third-order valence-corrected chi connectivity index (χ3v) is 2.43. The molecule has 2 N–H and O–H groups in total. The molecule has 1 aromatic rings. The van der Waals surface area contributed by atoms with Gasteiger partial charge in [0.25, 0.3) is 0 Å². The van der Waals surface area contributed by atoms with E-state index in [-0.39, 0.29) is 12.0 Å². The van der Waals surface area contributed by atoms with Gasteiger partial charge in [0.2, 0.25) is 5.91 Å². The summed E-state index contributed by atoms with van der Waals surface area (Å²) in [5, 5.41) is 0. The molecule has 1 unspecified atom stereocenters. The van der Waals surface area contributed by atoms with Gasteiger partial charge in [-0.05, 0) is 18.1 Å². The van der Waals surface area contributed by atoms with Gasteiger partial charge in [0.15, 0.2) is 0 Å². The molecule has 14 heavy (non-hydrogen) atoms. The lowest BCUT2D eigenvalue weighted by Gasteiger charge is -2.08. The number of amides is 1. The number of rotatable bonds is 3. The van der Waals surface area contributed by atoms with Crippen LogP contribution in [-0.4, -0.2) is 12.0 Å². The van der Waals surface area contributed by atoms with Gasteiger partial charge in [0, 0.05) is 12.8 Å². The molecule has 0 spiro atoms. The molecular weight excluding hydrogens is 178 g/mol. The van der Waals surface area contributed by atoms with E-state index in [2.05, 4.69) is 6.07 Å². The molecule has 1 atom stereocenters. The van der Waals surface area contributed by atoms with Gasteiger partial charge in [-0.25, -0.2) is 0 Å². The fraction of sp³-hybridized carbons (Fsp3) is 0.364. The summed E-state index contributed by atoms with van der Waals surface area (Å²) < 4.78 is 5.65. The summed E-state index contributed by atoms with van der Waals surface area (Å²) in [6, 6.07) is 7.97. The lowest BCUT2D eigenvalue weighted by molar-refractivity contribution is -0.118. The Hall–Kier alpha value is -1.51. The SMILES string of the molecule is NC(=O)CCC1Cc2ccccc2O1. The highest BCUT2D eigenvalue weighted by molar-refractivity contribution is 5.73. The van der Waals surface area contributed by atoms with Crippen LogP contribution in [0.15, 0.2) is 24.3 Å². The second kappa shape index (κ2) is 3.70. The van der Waals surface area contributed by atoms with Crippen LogP contribution in [0.1, 0.15) is 18.4 Å². The largest absolute Gasteiger partial charge is 0.490 e. The van der Waals surface area contributed by atoms with Crippen molar-refractivity contribution in [1.82, 2.24) is 0 Å². The predicted molar refractivity (Wildman–Crippen MR) is 53.0 cm³/mol. The van der Waals surface area contributed by atoms with Crippen molar-refractivity contribution in [3.05, 3.63) is 29.8 Å². The number of carbonyl (C=O) groups excluding carboxylic acids is 1. The summed E-state index contributed by atoms with van der Waals surface area (Å²) in [7, 11) is 0. The molecule has 0 radical (unpaired) electrons. The normalized spacial score (nSPS) is 18.7.